The van der Waals surface area contributed by atoms with Crippen LogP contribution in [0.15, 0.2) is 30.3 Å². The molecule has 8 nitrogen and oxygen atoms in total. The van der Waals surface area contributed by atoms with Gasteiger partial charge in [0.15, 0.2) is 0 Å². The van der Waals surface area contributed by atoms with Gasteiger partial charge in [-0.25, -0.2) is 13.6 Å². The van der Waals surface area contributed by atoms with E-state index < -0.39 is 43.7 Å². The maximum atomic E-state index is 14.8. The van der Waals surface area contributed by atoms with Gasteiger partial charge in [-0.15, -0.1) is 0 Å². The number of halogens is 2. The summed E-state index contributed by atoms with van der Waals surface area (Å²) in [7, 11) is -0.769. The molecule has 0 aliphatic carbocycles. The largest absolute Gasteiger partial charge is 0.497 e. The van der Waals surface area contributed by atoms with Gasteiger partial charge in [0.05, 0.1) is 15.2 Å². The zero-order valence-electron chi connectivity index (χ0n) is 20.8. The molecule has 3 rings (SSSR count). The highest BCUT2D eigenvalue weighted by Gasteiger charge is 2.36. The monoisotopic (exact) mass is 519 g/mol. The van der Waals surface area contributed by atoms with Crippen molar-refractivity contribution in [2.75, 3.05) is 25.5 Å². The second-order valence-electron chi connectivity index (χ2n) is 9.69. The lowest BCUT2D eigenvalue weighted by Gasteiger charge is -2.36. The maximum absolute atomic E-state index is 14.8. The van der Waals surface area contributed by atoms with Gasteiger partial charge in [0.1, 0.15) is 23.4 Å². The van der Waals surface area contributed by atoms with Crippen molar-refractivity contribution >= 4 is 36.9 Å². The molecular weight excluding hydrogens is 488 g/mol. The zero-order valence-corrected chi connectivity index (χ0v) is 21.8. The molecule has 3 amide bonds. The molecule has 0 fully saturated rings. The Labute approximate surface area is 209 Å². The molecule has 36 heavy (non-hydrogen) atoms. The second kappa shape index (κ2) is 11.1. The first-order valence-electron chi connectivity index (χ1n) is 11.7. The lowest BCUT2D eigenvalue weighted by atomic mass is 9.91. The number of carboxylic acids is 1. The van der Waals surface area contributed by atoms with Gasteiger partial charge in [-0.1, -0.05) is 25.7 Å². The highest BCUT2D eigenvalue weighted by Crippen LogP contribution is 2.33. The van der Waals surface area contributed by atoms with Crippen LogP contribution in [-0.4, -0.2) is 56.2 Å². The Bertz CT molecular complexity index is 1150. The number of nitrogens with one attached hydrogen (secondary N) is 2. The molecule has 0 radical (unpaired) electrons. The van der Waals surface area contributed by atoms with E-state index in [0.717, 1.165) is 17.7 Å². The van der Waals surface area contributed by atoms with Gasteiger partial charge in [-0.3, -0.25) is 9.59 Å². The summed E-state index contributed by atoms with van der Waals surface area (Å²) in [6.45, 7) is 5.81. The van der Waals surface area contributed by atoms with E-state index in [1.165, 1.54) is 12.0 Å². The van der Waals surface area contributed by atoms with Crippen molar-refractivity contribution in [2.24, 2.45) is 0 Å². The molecule has 11 heteroatoms. The molecule has 0 spiro atoms. The molecule has 1 aliphatic rings. The number of hydrogen-bond acceptors (Lipinski definition) is 4. The number of hydrogen-bond donors (Lipinski definition) is 3. The second-order valence-corrected chi connectivity index (χ2v) is 14.7. The van der Waals surface area contributed by atoms with Crippen LogP contribution in [0, 0.1) is 11.6 Å². The van der Waals surface area contributed by atoms with Crippen molar-refractivity contribution in [1.29, 1.82) is 0 Å². The smallest absolute Gasteiger partial charge is 0.318 e. The molecule has 1 aliphatic heterocycles. The summed E-state index contributed by atoms with van der Waals surface area (Å²) in [4.78, 5) is 38.5. The van der Waals surface area contributed by atoms with Gasteiger partial charge in [0.2, 0.25) is 0 Å². The minimum Gasteiger partial charge on any atom is -0.497 e. The SMILES string of the molecule is COc1ccc2c(c1)CCN(C(=O)NCCCC(=O)O)[C@H]2C(=O)Nc1cc(F)c([Si](C)(C)C)c(F)c1. The molecule has 2 aromatic carbocycles. The fraction of sp³-hybridized carbons (Fsp3) is 0.400. The molecule has 0 unspecified atom stereocenters. The molecule has 0 saturated carbocycles. The van der Waals surface area contributed by atoms with Crippen molar-refractivity contribution in [3.05, 3.63) is 53.1 Å². The molecule has 1 heterocycles. The van der Waals surface area contributed by atoms with Crippen molar-refractivity contribution in [1.82, 2.24) is 10.2 Å². The van der Waals surface area contributed by atoms with E-state index in [9.17, 15) is 23.2 Å². The molecule has 194 valence electrons. The predicted octanol–water partition coefficient (Wildman–Crippen LogP) is 3.63. The first-order chi connectivity index (χ1) is 16.9. The van der Waals surface area contributed by atoms with E-state index in [2.05, 4.69) is 10.6 Å². The summed E-state index contributed by atoms with van der Waals surface area (Å²) in [5.74, 6) is -2.42. The van der Waals surface area contributed by atoms with Crippen molar-refractivity contribution in [2.45, 2.75) is 44.9 Å². The average Bonchev–Trinajstić information content (AvgIpc) is 2.78. The van der Waals surface area contributed by atoms with Gasteiger partial charge in [0.25, 0.3) is 5.91 Å². The first-order valence-corrected chi connectivity index (χ1v) is 15.2. The van der Waals surface area contributed by atoms with Crippen molar-refractivity contribution < 1.29 is 33.0 Å². The number of carboxylic acid groups (broad SMARTS) is 1. The molecule has 0 aromatic heterocycles. The fourth-order valence-electron chi connectivity index (χ4n) is 4.34. The van der Waals surface area contributed by atoms with Crippen LogP contribution in [0.3, 0.4) is 0 Å². The number of aliphatic carboxylic acids is 1. The average molecular weight is 520 g/mol. The van der Waals surface area contributed by atoms with Crippen LogP contribution in [0.4, 0.5) is 19.3 Å². The number of methoxy groups -OCH3 is 1. The number of carbonyl (C=O) groups is 3. The molecule has 0 bridgehead atoms. The topological polar surface area (TPSA) is 108 Å². The van der Waals surface area contributed by atoms with Crippen molar-refractivity contribution in [3.63, 3.8) is 0 Å². The number of carbonyl (C=O) groups excluding carboxylic acids is 2. The summed E-state index contributed by atoms with van der Waals surface area (Å²) in [5.41, 5.74) is 1.34. The van der Waals surface area contributed by atoms with E-state index in [1.807, 2.05) is 19.6 Å². The van der Waals surface area contributed by atoms with Crippen molar-refractivity contribution in [3.8, 4) is 5.75 Å². The van der Waals surface area contributed by atoms with Gasteiger partial charge in [-0.2, -0.15) is 0 Å². The van der Waals surface area contributed by atoms with Crippen LogP contribution < -0.4 is 20.6 Å². The fourth-order valence-corrected chi connectivity index (χ4v) is 5.92. The summed E-state index contributed by atoms with van der Waals surface area (Å²) < 4.78 is 34.8. The Hall–Kier alpha value is -3.47. The number of urea groups is 1. The first kappa shape index (κ1) is 27.1. The van der Waals surface area contributed by atoms with Crippen LogP contribution in [0.5, 0.6) is 5.75 Å². The molecule has 2 aromatic rings. The third kappa shape index (κ3) is 6.20. The van der Waals surface area contributed by atoms with E-state index >= 15 is 0 Å². The summed E-state index contributed by atoms with van der Waals surface area (Å²) >= 11 is 0. The quantitative estimate of drug-likeness (QED) is 0.365. The van der Waals surface area contributed by atoms with Crippen LogP contribution in [0.2, 0.25) is 19.6 Å². The van der Waals surface area contributed by atoms with Gasteiger partial charge in [-0.05, 0) is 48.2 Å². The Morgan fingerprint density at radius 2 is 1.81 bits per heavy atom. The third-order valence-corrected chi connectivity index (χ3v) is 7.97. The predicted molar refractivity (Wildman–Crippen MR) is 134 cm³/mol. The number of ether oxygens (including phenoxy) is 1. The Morgan fingerprint density at radius 1 is 1.14 bits per heavy atom. The maximum Gasteiger partial charge on any atom is 0.318 e. The number of benzene rings is 2. The number of nitrogens with zero attached hydrogens (tertiary/aromatic N) is 1. The zero-order chi connectivity index (χ0) is 26.6. The highest BCUT2D eigenvalue weighted by atomic mass is 28.3. The van der Waals surface area contributed by atoms with Gasteiger partial charge >= 0.3 is 12.0 Å². The standard InChI is InChI=1S/C25H31F2N3O5Si/c1-35-17-7-8-18-15(12-17)9-11-30(25(34)28-10-5-6-21(31)32)22(18)24(33)29-16-13-19(26)23(20(27)14-16)36(2,3)4/h7-8,12-14,22H,5-6,9-11H2,1-4H3,(H,28,34)(H,29,33)(H,31,32)/t22-/m1/s1. The summed E-state index contributed by atoms with van der Waals surface area (Å²) in [6.07, 6.45) is 0.603. The summed E-state index contributed by atoms with van der Waals surface area (Å²) in [5, 5.41) is 14.1. The lowest BCUT2D eigenvalue weighted by molar-refractivity contribution is -0.137. The molecule has 0 saturated heterocycles. The Balaban J connectivity index is 1.90. The normalized spacial score (nSPS) is 15.2. The number of anilines is 1. The number of amides is 3. The Kier molecular flexibility index (Phi) is 8.34. The highest BCUT2D eigenvalue weighted by molar-refractivity contribution is 6.88. The molecule has 3 N–H and O–H groups in total. The third-order valence-electron chi connectivity index (χ3n) is 5.99. The van der Waals surface area contributed by atoms with E-state index in [1.54, 1.807) is 18.2 Å². The molecular formula is C25H31F2N3O5Si. The minimum absolute atomic E-state index is 0.0422. The van der Waals surface area contributed by atoms with Crippen LogP contribution in [0.1, 0.15) is 30.0 Å². The van der Waals surface area contributed by atoms with Crippen LogP contribution >= 0.6 is 0 Å². The number of rotatable bonds is 8. The minimum atomic E-state index is -2.30. The van der Waals surface area contributed by atoms with Crippen LogP contribution in [0.25, 0.3) is 0 Å². The van der Waals surface area contributed by atoms with E-state index in [4.69, 9.17) is 9.84 Å². The van der Waals surface area contributed by atoms with Crippen LogP contribution in [-0.2, 0) is 16.0 Å². The van der Waals surface area contributed by atoms with Gasteiger partial charge < -0.3 is 25.4 Å². The van der Waals surface area contributed by atoms with E-state index in [0.29, 0.717) is 17.7 Å². The van der Waals surface area contributed by atoms with Gasteiger partial charge in [0, 0.05) is 30.4 Å². The lowest BCUT2D eigenvalue weighted by Crippen LogP contribution is -2.49. The van der Waals surface area contributed by atoms with E-state index in [-0.39, 0.29) is 36.8 Å². The number of fused-ring (bicyclic) bond motifs is 1. The summed E-state index contributed by atoms with van der Waals surface area (Å²) in [6, 6.07) is 5.76. The molecule has 1 atom stereocenters. The Morgan fingerprint density at radius 3 is 2.39 bits per heavy atom.